The molecule has 2 atom stereocenters. The van der Waals surface area contributed by atoms with Crippen molar-refractivity contribution in [2.45, 2.75) is 44.8 Å². The molecule has 8 nitrogen and oxygen atoms in total. The molecule has 2 aliphatic rings. The number of aryl methyl sites for hydroxylation is 1. The van der Waals surface area contributed by atoms with Gasteiger partial charge in [-0.15, -0.1) is 22.7 Å². The number of hydrogen-bond donors (Lipinski definition) is 2. The minimum absolute atomic E-state index is 0.127. The molecule has 0 bridgehead atoms. The summed E-state index contributed by atoms with van der Waals surface area (Å²) in [7, 11) is 2.11. The van der Waals surface area contributed by atoms with E-state index in [1.807, 2.05) is 37.4 Å². The van der Waals surface area contributed by atoms with Crippen molar-refractivity contribution in [3.8, 4) is 5.75 Å². The molecule has 35 heavy (non-hydrogen) atoms. The summed E-state index contributed by atoms with van der Waals surface area (Å²) >= 11 is 3.01. The molecule has 2 aromatic heterocycles. The minimum Gasteiger partial charge on any atom is -0.489 e. The second-order valence-corrected chi connectivity index (χ2v) is 11.3. The average molecular weight is 511 g/mol. The van der Waals surface area contributed by atoms with Gasteiger partial charge in [0.1, 0.15) is 21.5 Å². The van der Waals surface area contributed by atoms with Crippen LogP contribution in [0.2, 0.25) is 0 Å². The number of rotatable bonds is 6. The molecule has 5 rings (SSSR count). The molecule has 3 aromatic rings. The molecule has 1 aromatic carbocycles. The first-order valence-corrected chi connectivity index (χ1v) is 13.6. The number of H-pyrrole nitrogens is 1. The first-order chi connectivity index (χ1) is 17.0. The summed E-state index contributed by atoms with van der Waals surface area (Å²) in [6.07, 6.45) is 10.2. The summed E-state index contributed by atoms with van der Waals surface area (Å²) in [6.45, 7) is 5.06. The number of thiazole rings is 2. The van der Waals surface area contributed by atoms with E-state index in [9.17, 15) is 4.79 Å². The van der Waals surface area contributed by atoms with Crippen LogP contribution in [0.5, 0.6) is 5.75 Å². The molecule has 10 heteroatoms. The van der Waals surface area contributed by atoms with Gasteiger partial charge in [-0.05, 0) is 69.6 Å². The van der Waals surface area contributed by atoms with E-state index in [0.29, 0.717) is 15.2 Å². The van der Waals surface area contributed by atoms with Crippen LogP contribution in [0.3, 0.4) is 0 Å². The molecule has 0 spiro atoms. The van der Waals surface area contributed by atoms with Crippen LogP contribution in [0.15, 0.2) is 39.4 Å². The van der Waals surface area contributed by atoms with E-state index in [1.165, 1.54) is 24.2 Å². The highest BCUT2D eigenvalue weighted by Crippen LogP contribution is 2.27. The summed E-state index contributed by atoms with van der Waals surface area (Å²) in [5, 5.41) is 13.1. The molecule has 2 unspecified atom stereocenters. The van der Waals surface area contributed by atoms with Gasteiger partial charge in [-0.3, -0.25) is 4.79 Å². The van der Waals surface area contributed by atoms with Crippen molar-refractivity contribution in [3.05, 3.63) is 59.4 Å². The molecule has 0 saturated carbocycles. The number of piperidine rings is 1. The summed E-state index contributed by atoms with van der Waals surface area (Å²) < 4.78 is 7.38. The lowest BCUT2D eigenvalue weighted by Crippen LogP contribution is -2.26. The molecule has 2 saturated heterocycles. The molecule has 4 heterocycles. The lowest BCUT2D eigenvalue weighted by molar-refractivity contribution is 0.208. The molecular formula is C25H30N6O2S2. The van der Waals surface area contributed by atoms with Gasteiger partial charge in [0.05, 0.1) is 22.5 Å². The zero-order valence-electron chi connectivity index (χ0n) is 20.0. The number of ether oxygens (including phenoxy) is 1. The molecule has 0 amide bonds. The molecular weight excluding hydrogens is 480 g/mol. The maximum atomic E-state index is 12.4. The Morgan fingerprint density at radius 3 is 2.94 bits per heavy atom. The van der Waals surface area contributed by atoms with Crippen LogP contribution in [0.4, 0.5) is 5.69 Å². The highest BCUT2D eigenvalue weighted by molar-refractivity contribution is 7.13. The monoisotopic (exact) mass is 510 g/mol. The van der Waals surface area contributed by atoms with E-state index in [1.54, 1.807) is 17.5 Å². The van der Waals surface area contributed by atoms with Crippen molar-refractivity contribution in [1.82, 2.24) is 20.2 Å². The van der Waals surface area contributed by atoms with E-state index in [0.717, 1.165) is 59.4 Å². The summed E-state index contributed by atoms with van der Waals surface area (Å²) in [5.74, 6) is 0.860. The highest BCUT2D eigenvalue weighted by atomic mass is 32.1. The van der Waals surface area contributed by atoms with Crippen LogP contribution in [0.25, 0.3) is 12.3 Å². The third-order valence-corrected chi connectivity index (χ3v) is 8.27. The number of azo groups is 1. The van der Waals surface area contributed by atoms with Crippen molar-refractivity contribution in [1.29, 1.82) is 0 Å². The SMILES string of the molecule is Cc1cc(OC2CCN(C)C2)ccc1N=N/C=c1/[nH]c(=O)/c(=C/c2cnc(C3CCCCN3)s2)s1. The van der Waals surface area contributed by atoms with Crippen LogP contribution in [0.1, 0.15) is 47.2 Å². The van der Waals surface area contributed by atoms with Crippen molar-refractivity contribution in [2.75, 3.05) is 26.7 Å². The lowest BCUT2D eigenvalue weighted by Gasteiger charge is -2.20. The van der Waals surface area contributed by atoms with Gasteiger partial charge >= 0.3 is 0 Å². The normalized spacial score (nSPS) is 22.5. The molecule has 184 valence electrons. The summed E-state index contributed by atoms with van der Waals surface area (Å²) in [6, 6.07) is 6.18. The number of aromatic nitrogens is 2. The van der Waals surface area contributed by atoms with Crippen LogP contribution >= 0.6 is 22.7 Å². The number of aromatic amines is 1. The van der Waals surface area contributed by atoms with Gasteiger partial charge in [-0.2, -0.15) is 10.2 Å². The van der Waals surface area contributed by atoms with Crippen LogP contribution in [-0.2, 0) is 0 Å². The first kappa shape index (κ1) is 24.1. The van der Waals surface area contributed by atoms with Gasteiger partial charge < -0.3 is 19.9 Å². The van der Waals surface area contributed by atoms with Crippen LogP contribution in [0, 0.1) is 6.92 Å². The zero-order valence-corrected chi connectivity index (χ0v) is 21.6. The Hall–Kier alpha value is -2.66. The predicted molar refractivity (Wildman–Crippen MR) is 141 cm³/mol. The summed E-state index contributed by atoms with van der Waals surface area (Å²) in [5.41, 5.74) is 1.64. The maximum absolute atomic E-state index is 12.4. The van der Waals surface area contributed by atoms with Gasteiger partial charge in [0.2, 0.25) is 0 Å². The maximum Gasteiger partial charge on any atom is 0.266 e. The average Bonchev–Trinajstić information content (AvgIpc) is 3.57. The Labute approximate surface area is 212 Å². The summed E-state index contributed by atoms with van der Waals surface area (Å²) in [4.78, 5) is 23.1. The van der Waals surface area contributed by atoms with E-state index in [2.05, 4.69) is 37.5 Å². The Morgan fingerprint density at radius 2 is 2.17 bits per heavy atom. The van der Waals surface area contributed by atoms with E-state index >= 15 is 0 Å². The fourth-order valence-corrected chi connectivity index (χ4v) is 6.24. The van der Waals surface area contributed by atoms with Crippen molar-refractivity contribution >= 4 is 40.6 Å². The van der Waals surface area contributed by atoms with Gasteiger partial charge in [-0.25, -0.2) is 4.98 Å². The van der Waals surface area contributed by atoms with Gasteiger partial charge in [-0.1, -0.05) is 6.42 Å². The second-order valence-electron chi connectivity index (χ2n) is 9.12. The van der Waals surface area contributed by atoms with E-state index < -0.39 is 0 Å². The molecule has 0 radical (unpaired) electrons. The lowest BCUT2D eigenvalue weighted by atomic mass is 10.1. The van der Waals surface area contributed by atoms with E-state index in [4.69, 9.17) is 4.74 Å². The molecule has 2 aliphatic heterocycles. The first-order valence-electron chi connectivity index (χ1n) is 12.0. The van der Waals surface area contributed by atoms with Crippen molar-refractivity contribution < 1.29 is 4.74 Å². The van der Waals surface area contributed by atoms with Crippen molar-refractivity contribution in [3.63, 3.8) is 0 Å². The standard InChI is InChI=1S/C25H30N6O2S2/c1-16-11-17(33-18-8-10-31(2)15-18)6-7-20(16)30-28-14-23-29-24(32)22(35-23)12-19-13-27-25(34-19)21-5-3-4-9-26-21/h6-7,11-14,18,21,26H,3-5,8-10,15H2,1-2H3,(H,29,32)/b22-12-,23-14-,30-28?. The smallest absolute Gasteiger partial charge is 0.266 e. The fraction of sp³-hybridized carbons (Fsp3) is 0.440. The predicted octanol–water partition coefficient (Wildman–Crippen LogP) is 3.45. The third kappa shape index (κ3) is 6.13. The molecule has 0 aliphatic carbocycles. The Bertz CT molecular complexity index is 1370. The Balaban J connectivity index is 1.27. The topological polar surface area (TPSA) is 95.0 Å². The van der Waals surface area contributed by atoms with E-state index in [-0.39, 0.29) is 11.7 Å². The largest absolute Gasteiger partial charge is 0.489 e. The van der Waals surface area contributed by atoms with Gasteiger partial charge in [0, 0.05) is 24.2 Å². The number of hydrogen-bond acceptors (Lipinski definition) is 9. The molecule has 2 fully saturated rings. The van der Waals surface area contributed by atoms with Crippen molar-refractivity contribution in [2.24, 2.45) is 10.2 Å². The number of likely N-dealkylation sites (N-methyl/N-ethyl adjacent to an activating group) is 1. The number of nitrogens with one attached hydrogen (secondary N) is 2. The van der Waals surface area contributed by atoms with Gasteiger partial charge in [0.15, 0.2) is 0 Å². The highest BCUT2D eigenvalue weighted by Gasteiger charge is 2.21. The van der Waals surface area contributed by atoms with Crippen LogP contribution in [-0.4, -0.2) is 47.7 Å². The molecule has 2 N–H and O–H groups in total. The Morgan fingerprint density at radius 1 is 1.26 bits per heavy atom. The minimum atomic E-state index is -0.127. The number of benzene rings is 1. The Kier molecular flexibility index (Phi) is 7.52. The zero-order chi connectivity index (χ0) is 24.2. The van der Waals surface area contributed by atoms with Crippen LogP contribution < -0.4 is 24.8 Å². The second kappa shape index (κ2) is 10.9. The quantitative estimate of drug-likeness (QED) is 0.496. The number of nitrogens with zero attached hydrogens (tertiary/aromatic N) is 4. The van der Waals surface area contributed by atoms with Gasteiger partial charge in [0.25, 0.3) is 5.56 Å². The fourth-order valence-electron chi connectivity index (χ4n) is 4.38. The number of likely N-dealkylation sites (tertiary alicyclic amines) is 1. The third-order valence-electron chi connectivity index (χ3n) is 6.26.